The van der Waals surface area contributed by atoms with Gasteiger partial charge in [-0.1, -0.05) is 18.2 Å². The first-order valence-corrected chi connectivity index (χ1v) is 7.52. The minimum Gasteiger partial charge on any atom is -0.399 e. The molecule has 1 unspecified atom stereocenters. The standard InChI is InChI=1S/C15H15NO4S/c16-13-6-4-10(5-7-13)15(18)12-3-1-2-11(8-12)14(9-17)21(19)20/h1-8,14,17,21H,9,16H2. The molecule has 2 aromatic rings. The topological polar surface area (TPSA) is 97.5 Å². The third kappa shape index (κ3) is 3.48. The van der Waals surface area contributed by atoms with Gasteiger partial charge in [-0.05, 0) is 35.9 Å². The lowest BCUT2D eigenvalue weighted by Crippen LogP contribution is -2.08. The Morgan fingerprint density at radius 3 is 2.33 bits per heavy atom. The van der Waals surface area contributed by atoms with Crippen molar-refractivity contribution >= 4 is 22.2 Å². The number of ketones is 1. The second kappa shape index (κ2) is 6.51. The minimum absolute atomic E-state index is 0.227. The number of hydrogen-bond donors (Lipinski definition) is 3. The molecule has 3 N–H and O–H groups in total. The van der Waals surface area contributed by atoms with Crippen LogP contribution in [0.3, 0.4) is 0 Å². The van der Waals surface area contributed by atoms with E-state index in [0.29, 0.717) is 22.4 Å². The van der Waals surface area contributed by atoms with Crippen LogP contribution in [0.15, 0.2) is 48.5 Å². The van der Waals surface area contributed by atoms with Crippen molar-refractivity contribution in [2.75, 3.05) is 12.3 Å². The summed E-state index contributed by atoms with van der Waals surface area (Å²) in [4.78, 5) is 12.3. The van der Waals surface area contributed by atoms with Crippen LogP contribution in [-0.4, -0.2) is 25.9 Å². The van der Waals surface area contributed by atoms with Gasteiger partial charge in [0.05, 0.1) is 6.61 Å². The number of aliphatic hydroxyl groups excluding tert-OH is 1. The summed E-state index contributed by atoms with van der Waals surface area (Å²) in [5.41, 5.74) is 7.37. The van der Waals surface area contributed by atoms with Gasteiger partial charge in [0.2, 0.25) is 0 Å². The van der Waals surface area contributed by atoms with E-state index in [9.17, 15) is 13.2 Å². The molecule has 0 heterocycles. The predicted octanol–water partition coefficient (Wildman–Crippen LogP) is 1.14. The van der Waals surface area contributed by atoms with Gasteiger partial charge in [-0.25, -0.2) is 8.42 Å². The quantitative estimate of drug-likeness (QED) is 0.437. The molecule has 2 aromatic carbocycles. The lowest BCUT2D eigenvalue weighted by molar-refractivity contribution is 0.103. The summed E-state index contributed by atoms with van der Waals surface area (Å²) < 4.78 is 22.2. The van der Waals surface area contributed by atoms with Crippen molar-refractivity contribution in [3.8, 4) is 0 Å². The van der Waals surface area contributed by atoms with Crippen LogP contribution in [0.2, 0.25) is 0 Å². The summed E-state index contributed by atoms with van der Waals surface area (Å²) in [6.07, 6.45) is 0. The summed E-state index contributed by atoms with van der Waals surface area (Å²) in [7, 11) is -2.81. The van der Waals surface area contributed by atoms with Crippen LogP contribution in [-0.2, 0) is 10.7 Å². The Labute approximate surface area is 124 Å². The number of anilines is 1. The first-order chi connectivity index (χ1) is 10.0. The summed E-state index contributed by atoms with van der Waals surface area (Å²) in [6.45, 7) is -0.516. The van der Waals surface area contributed by atoms with Gasteiger partial charge < -0.3 is 10.8 Å². The van der Waals surface area contributed by atoms with Crippen LogP contribution in [0.5, 0.6) is 0 Å². The number of carbonyl (C=O) groups is 1. The fourth-order valence-electron chi connectivity index (χ4n) is 1.98. The largest absolute Gasteiger partial charge is 0.399 e. The van der Waals surface area contributed by atoms with Gasteiger partial charge in [0.25, 0.3) is 0 Å². The van der Waals surface area contributed by atoms with Crippen LogP contribution < -0.4 is 5.73 Å². The highest BCUT2D eigenvalue weighted by Crippen LogP contribution is 2.19. The Morgan fingerprint density at radius 1 is 1.10 bits per heavy atom. The van der Waals surface area contributed by atoms with E-state index in [0.717, 1.165) is 0 Å². The maximum absolute atomic E-state index is 12.3. The number of thiol groups is 1. The van der Waals surface area contributed by atoms with Crippen molar-refractivity contribution in [2.45, 2.75) is 5.25 Å². The predicted molar refractivity (Wildman–Crippen MR) is 80.9 cm³/mol. The molecule has 0 spiro atoms. The summed E-state index contributed by atoms with van der Waals surface area (Å²) in [6, 6.07) is 12.8. The molecule has 6 heteroatoms. The zero-order chi connectivity index (χ0) is 15.4. The van der Waals surface area contributed by atoms with Crippen molar-refractivity contribution in [3.63, 3.8) is 0 Å². The maximum atomic E-state index is 12.3. The summed E-state index contributed by atoms with van der Waals surface area (Å²) >= 11 is 0. The first-order valence-electron chi connectivity index (χ1n) is 6.27. The number of benzene rings is 2. The molecule has 1 atom stereocenters. The number of carbonyl (C=O) groups excluding carboxylic acids is 1. The van der Waals surface area contributed by atoms with Crippen molar-refractivity contribution in [3.05, 3.63) is 65.2 Å². The molecule has 0 aliphatic rings. The average molecular weight is 305 g/mol. The van der Waals surface area contributed by atoms with Gasteiger partial charge in [0.1, 0.15) is 16.0 Å². The highest BCUT2D eigenvalue weighted by atomic mass is 32.2. The van der Waals surface area contributed by atoms with E-state index in [1.165, 1.54) is 6.07 Å². The van der Waals surface area contributed by atoms with E-state index < -0.39 is 22.6 Å². The Balaban J connectivity index is 2.36. The fraction of sp³-hybridized carbons (Fsp3) is 0.133. The summed E-state index contributed by atoms with van der Waals surface area (Å²) in [5.74, 6) is -0.227. The van der Waals surface area contributed by atoms with Gasteiger partial charge in [0, 0.05) is 16.8 Å². The molecule has 2 rings (SSSR count). The molecule has 0 aliphatic carbocycles. The van der Waals surface area contributed by atoms with Gasteiger partial charge in [-0.15, -0.1) is 0 Å². The molecular weight excluding hydrogens is 290 g/mol. The third-order valence-electron chi connectivity index (χ3n) is 3.13. The zero-order valence-corrected chi connectivity index (χ0v) is 12.0. The lowest BCUT2D eigenvalue weighted by atomic mass is 10.00. The average Bonchev–Trinajstić information content (AvgIpc) is 2.48. The smallest absolute Gasteiger partial charge is 0.193 e. The minimum atomic E-state index is -2.81. The van der Waals surface area contributed by atoms with Crippen LogP contribution in [0.1, 0.15) is 26.7 Å². The zero-order valence-electron chi connectivity index (χ0n) is 11.1. The molecule has 0 radical (unpaired) electrons. The van der Waals surface area contributed by atoms with Gasteiger partial charge in [-0.2, -0.15) is 0 Å². The van der Waals surface area contributed by atoms with E-state index >= 15 is 0 Å². The molecule has 5 nitrogen and oxygen atoms in total. The van der Waals surface area contributed by atoms with Crippen LogP contribution in [0.4, 0.5) is 5.69 Å². The number of nitrogen functional groups attached to an aromatic ring is 1. The molecule has 0 saturated carbocycles. The van der Waals surface area contributed by atoms with E-state index in [1.54, 1.807) is 42.5 Å². The van der Waals surface area contributed by atoms with E-state index in [2.05, 4.69) is 0 Å². The number of aliphatic hydroxyl groups is 1. The van der Waals surface area contributed by atoms with Crippen molar-refractivity contribution in [2.24, 2.45) is 0 Å². The van der Waals surface area contributed by atoms with E-state index in [-0.39, 0.29) is 5.78 Å². The van der Waals surface area contributed by atoms with Crippen molar-refractivity contribution in [1.29, 1.82) is 0 Å². The Hall–Kier alpha value is -2.18. The molecular formula is C15H15NO4S. The molecule has 110 valence electrons. The highest BCUT2D eigenvalue weighted by molar-refractivity contribution is 7.72. The highest BCUT2D eigenvalue weighted by Gasteiger charge is 2.16. The van der Waals surface area contributed by atoms with Crippen molar-refractivity contribution in [1.82, 2.24) is 0 Å². The number of nitrogens with two attached hydrogens (primary N) is 1. The third-order valence-corrected chi connectivity index (χ3v) is 4.10. The molecule has 0 aromatic heterocycles. The lowest BCUT2D eigenvalue weighted by Gasteiger charge is -2.09. The maximum Gasteiger partial charge on any atom is 0.193 e. The molecule has 0 fully saturated rings. The second-order valence-corrected chi connectivity index (χ2v) is 5.75. The van der Waals surface area contributed by atoms with E-state index in [1.807, 2.05) is 0 Å². The molecule has 21 heavy (non-hydrogen) atoms. The van der Waals surface area contributed by atoms with Gasteiger partial charge in [0.15, 0.2) is 5.78 Å². The van der Waals surface area contributed by atoms with Crippen molar-refractivity contribution < 1.29 is 18.3 Å². The Morgan fingerprint density at radius 2 is 1.76 bits per heavy atom. The number of hydrogen-bond acceptors (Lipinski definition) is 5. The number of rotatable bonds is 5. The molecule has 0 saturated heterocycles. The Kier molecular flexibility index (Phi) is 4.72. The fourth-order valence-corrected chi connectivity index (χ4v) is 2.52. The Bertz CT molecular complexity index is 715. The van der Waals surface area contributed by atoms with Gasteiger partial charge in [-0.3, -0.25) is 4.79 Å². The summed E-state index contributed by atoms with van der Waals surface area (Å²) in [5, 5.41) is 8.14. The van der Waals surface area contributed by atoms with Crippen LogP contribution in [0, 0.1) is 0 Å². The monoisotopic (exact) mass is 305 g/mol. The van der Waals surface area contributed by atoms with Gasteiger partial charge >= 0.3 is 0 Å². The normalized spacial score (nSPS) is 12.3. The van der Waals surface area contributed by atoms with E-state index in [4.69, 9.17) is 10.8 Å². The van der Waals surface area contributed by atoms with Crippen LogP contribution >= 0.6 is 0 Å². The molecule has 0 aliphatic heterocycles. The molecule has 0 amide bonds. The first kappa shape index (κ1) is 15.2. The SMILES string of the molecule is Nc1ccc(C(=O)c2cccc(C(CO)[SH](=O)=O)c2)cc1. The molecule has 0 bridgehead atoms. The van der Waals surface area contributed by atoms with Crippen LogP contribution in [0.25, 0.3) is 0 Å². The second-order valence-electron chi connectivity index (χ2n) is 4.56.